The summed E-state index contributed by atoms with van der Waals surface area (Å²) in [6.07, 6.45) is 4.01. The van der Waals surface area contributed by atoms with Crippen molar-refractivity contribution in [3.05, 3.63) is 29.8 Å². The fraction of sp³-hybridized carbons (Fsp3) is 0.632. The monoisotopic (exact) mass is 403 g/mol. The molecule has 0 spiro atoms. The lowest BCUT2D eigenvalue weighted by Crippen LogP contribution is -2.35. The number of hydrogen-bond acceptors (Lipinski definition) is 4. The summed E-state index contributed by atoms with van der Waals surface area (Å²) >= 11 is 0. The van der Waals surface area contributed by atoms with Gasteiger partial charge in [0.1, 0.15) is 0 Å². The highest BCUT2D eigenvalue weighted by molar-refractivity contribution is 5.91. The first kappa shape index (κ1) is 23.2. The van der Waals surface area contributed by atoms with Crippen LogP contribution in [0.2, 0.25) is 0 Å². The zero-order valence-electron chi connectivity index (χ0n) is 15.2. The minimum Gasteiger partial charge on any atom is -0.379 e. The number of nitrogens with one attached hydrogen (secondary N) is 2. The molecule has 1 amide bonds. The van der Waals surface area contributed by atoms with Gasteiger partial charge in [0.2, 0.25) is 5.91 Å². The molecule has 2 saturated heterocycles. The number of rotatable bonds is 6. The molecular formula is C19H31Cl2N3O2. The van der Waals surface area contributed by atoms with Gasteiger partial charge in [-0.3, -0.25) is 9.69 Å². The zero-order chi connectivity index (χ0) is 16.6. The Morgan fingerprint density at radius 3 is 2.58 bits per heavy atom. The van der Waals surface area contributed by atoms with Crippen LogP contribution in [0.4, 0.5) is 5.69 Å². The standard InChI is InChI=1S/C19H29N3O2.2ClH/c23-19(6-5-16-7-9-20-10-8-16)21-18-4-2-1-3-17(18)15-22-11-13-24-14-12-22;;/h1-4,16,20H,5-15H2,(H,21,23);2*1H. The minimum absolute atomic E-state index is 0. The van der Waals surface area contributed by atoms with Crippen molar-refractivity contribution in [2.24, 2.45) is 5.92 Å². The molecule has 1 aromatic rings. The molecule has 1 aromatic carbocycles. The number of anilines is 1. The molecule has 26 heavy (non-hydrogen) atoms. The maximum absolute atomic E-state index is 12.3. The summed E-state index contributed by atoms with van der Waals surface area (Å²) in [4.78, 5) is 14.7. The van der Waals surface area contributed by atoms with Crippen LogP contribution in [0, 0.1) is 5.92 Å². The van der Waals surface area contributed by atoms with E-state index < -0.39 is 0 Å². The van der Waals surface area contributed by atoms with Crippen LogP contribution in [0.5, 0.6) is 0 Å². The molecule has 7 heteroatoms. The summed E-state index contributed by atoms with van der Waals surface area (Å²) in [6.45, 7) is 6.56. The molecular weight excluding hydrogens is 373 g/mol. The van der Waals surface area contributed by atoms with Crippen molar-refractivity contribution in [3.63, 3.8) is 0 Å². The van der Waals surface area contributed by atoms with Crippen LogP contribution in [0.25, 0.3) is 0 Å². The number of halogens is 2. The Kier molecular flexibility index (Phi) is 11.2. The Hall–Kier alpha value is -0.850. The van der Waals surface area contributed by atoms with Gasteiger partial charge in [0.05, 0.1) is 13.2 Å². The number of amides is 1. The Labute approximate surface area is 169 Å². The average Bonchev–Trinajstić information content (AvgIpc) is 2.63. The molecule has 2 N–H and O–H groups in total. The molecule has 5 nitrogen and oxygen atoms in total. The Balaban J connectivity index is 0.00000169. The van der Waals surface area contributed by atoms with Gasteiger partial charge in [-0.15, -0.1) is 24.8 Å². The normalized spacial score (nSPS) is 18.5. The molecule has 0 unspecified atom stereocenters. The number of hydrogen-bond donors (Lipinski definition) is 2. The summed E-state index contributed by atoms with van der Waals surface area (Å²) in [5, 5.41) is 6.50. The number of piperidine rings is 1. The number of benzene rings is 1. The van der Waals surface area contributed by atoms with Gasteiger partial charge in [0.15, 0.2) is 0 Å². The molecule has 0 aromatic heterocycles. The van der Waals surface area contributed by atoms with Crippen molar-refractivity contribution >= 4 is 36.4 Å². The molecule has 0 aliphatic carbocycles. The lowest BCUT2D eigenvalue weighted by molar-refractivity contribution is -0.116. The first-order valence-corrected chi connectivity index (χ1v) is 9.20. The maximum Gasteiger partial charge on any atom is 0.224 e. The highest BCUT2D eigenvalue weighted by Gasteiger charge is 2.16. The van der Waals surface area contributed by atoms with Gasteiger partial charge in [-0.2, -0.15) is 0 Å². The fourth-order valence-electron chi connectivity index (χ4n) is 3.50. The van der Waals surface area contributed by atoms with Gasteiger partial charge in [-0.25, -0.2) is 0 Å². The maximum atomic E-state index is 12.3. The molecule has 2 aliphatic rings. The Bertz CT molecular complexity index is 533. The highest BCUT2D eigenvalue weighted by Crippen LogP contribution is 2.21. The number of carbonyl (C=O) groups excluding carboxylic acids is 1. The number of ether oxygens (including phenoxy) is 1. The van der Waals surface area contributed by atoms with E-state index in [-0.39, 0.29) is 30.7 Å². The fourth-order valence-corrected chi connectivity index (χ4v) is 3.50. The molecule has 148 valence electrons. The van der Waals surface area contributed by atoms with Crippen molar-refractivity contribution in [2.45, 2.75) is 32.2 Å². The predicted molar refractivity (Wildman–Crippen MR) is 110 cm³/mol. The molecule has 2 heterocycles. The van der Waals surface area contributed by atoms with Gasteiger partial charge < -0.3 is 15.4 Å². The van der Waals surface area contributed by atoms with E-state index >= 15 is 0 Å². The molecule has 0 radical (unpaired) electrons. The third kappa shape index (κ3) is 7.41. The Morgan fingerprint density at radius 2 is 1.85 bits per heavy atom. The third-order valence-electron chi connectivity index (χ3n) is 5.03. The van der Waals surface area contributed by atoms with E-state index in [9.17, 15) is 4.79 Å². The van der Waals surface area contributed by atoms with Crippen molar-refractivity contribution in [3.8, 4) is 0 Å². The Morgan fingerprint density at radius 1 is 1.15 bits per heavy atom. The van der Waals surface area contributed by atoms with E-state index in [1.807, 2.05) is 18.2 Å². The molecule has 3 rings (SSSR count). The SMILES string of the molecule is Cl.Cl.O=C(CCC1CCNCC1)Nc1ccccc1CN1CCOCC1. The number of morpholine rings is 1. The second kappa shape index (κ2) is 12.5. The van der Waals surface area contributed by atoms with Crippen LogP contribution in [-0.2, 0) is 16.1 Å². The van der Waals surface area contributed by atoms with Crippen molar-refractivity contribution in [2.75, 3.05) is 44.7 Å². The van der Waals surface area contributed by atoms with Gasteiger partial charge in [-0.1, -0.05) is 18.2 Å². The number of nitrogens with zero attached hydrogens (tertiary/aromatic N) is 1. The topological polar surface area (TPSA) is 53.6 Å². The summed E-state index contributed by atoms with van der Waals surface area (Å²) < 4.78 is 5.41. The average molecular weight is 404 g/mol. The number of carbonyl (C=O) groups is 1. The van der Waals surface area contributed by atoms with E-state index in [4.69, 9.17) is 4.74 Å². The van der Waals surface area contributed by atoms with Crippen molar-refractivity contribution in [1.29, 1.82) is 0 Å². The van der Waals surface area contributed by atoms with E-state index in [0.717, 1.165) is 58.0 Å². The van der Waals surface area contributed by atoms with Crippen molar-refractivity contribution < 1.29 is 9.53 Å². The largest absolute Gasteiger partial charge is 0.379 e. The summed E-state index contributed by atoms with van der Waals surface area (Å²) in [6, 6.07) is 8.15. The quantitative estimate of drug-likeness (QED) is 0.765. The molecule has 0 saturated carbocycles. The molecule has 0 atom stereocenters. The van der Waals surface area contributed by atoms with Crippen LogP contribution in [-0.4, -0.2) is 50.2 Å². The lowest BCUT2D eigenvalue weighted by Gasteiger charge is -2.27. The van der Waals surface area contributed by atoms with E-state index in [2.05, 4.69) is 21.6 Å². The van der Waals surface area contributed by atoms with Gasteiger partial charge >= 0.3 is 0 Å². The van der Waals surface area contributed by atoms with Crippen LogP contribution < -0.4 is 10.6 Å². The molecule has 2 aliphatic heterocycles. The van der Waals surface area contributed by atoms with Gasteiger partial charge in [0, 0.05) is 31.7 Å². The lowest BCUT2D eigenvalue weighted by atomic mass is 9.93. The summed E-state index contributed by atoms with van der Waals surface area (Å²) in [7, 11) is 0. The van der Waals surface area contributed by atoms with Crippen LogP contribution in [0.15, 0.2) is 24.3 Å². The second-order valence-electron chi connectivity index (χ2n) is 6.83. The number of para-hydroxylation sites is 1. The van der Waals surface area contributed by atoms with Crippen LogP contribution >= 0.6 is 24.8 Å². The van der Waals surface area contributed by atoms with E-state index in [1.54, 1.807) is 0 Å². The predicted octanol–water partition coefficient (Wildman–Crippen LogP) is 3.08. The smallest absolute Gasteiger partial charge is 0.224 e. The minimum atomic E-state index is 0. The van der Waals surface area contributed by atoms with Crippen LogP contribution in [0.3, 0.4) is 0 Å². The highest BCUT2D eigenvalue weighted by atomic mass is 35.5. The van der Waals surface area contributed by atoms with Gasteiger partial charge in [-0.05, 0) is 49.9 Å². The van der Waals surface area contributed by atoms with E-state index in [1.165, 1.54) is 18.4 Å². The van der Waals surface area contributed by atoms with E-state index in [0.29, 0.717) is 12.3 Å². The summed E-state index contributed by atoms with van der Waals surface area (Å²) in [5.41, 5.74) is 2.15. The third-order valence-corrected chi connectivity index (χ3v) is 5.03. The first-order chi connectivity index (χ1) is 11.8. The first-order valence-electron chi connectivity index (χ1n) is 9.20. The van der Waals surface area contributed by atoms with Crippen molar-refractivity contribution in [1.82, 2.24) is 10.2 Å². The zero-order valence-corrected chi connectivity index (χ0v) is 16.9. The second-order valence-corrected chi connectivity index (χ2v) is 6.83. The van der Waals surface area contributed by atoms with Crippen LogP contribution in [0.1, 0.15) is 31.2 Å². The van der Waals surface area contributed by atoms with Gasteiger partial charge in [0.25, 0.3) is 0 Å². The molecule has 0 bridgehead atoms. The molecule has 2 fully saturated rings. The summed E-state index contributed by atoms with van der Waals surface area (Å²) in [5.74, 6) is 0.837.